The Labute approximate surface area is 318 Å². The zero-order chi connectivity index (χ0) is 40.2. The van der Waals surface area contributed by atoms with Crippen LogP contribution in [0.1, 0.15) is 101 Å². The van der Waals surface area contributed by atoms with E-state index in [0.29, 0.717) is 19.4 Å². The average Bonchev–Trinajstić information content (AvgIpc) is 3.06. The Morgan fingerprint density at radius 3 is 2.15 bits per heavy atom. The number of rotatable bonds is 9. The monoisotopic (exact) mass is 762 g/mol. The summed E-state index contributed by atoms with van der Waals surface area (Å²) in [6, 6.07) is -0.345. The van der Waals surface area contributed by atoms with Crippen LogP contribution in [-0.4, -0.2) is 166 Å². The lowest BCUT2D eigenvalue weighted by molar-refractivity contribution is -0.305. The van der Waals surface area contributed by atoms with Gasteiger partial charge in [-0.05, 0) is 94.8 Å². The van der Waals surface area contributed by atoms with E-state index in [0.717, 1.165) is 19.5 Å². The molecule has 0 bridgehead atoms. The van der Waals surface area contributed by atoms with Gasteiger partial charge >= 0.3 is 5.97 Å². The zero-order valence-corrected chi connectivity index (χ0v) is 34.8. The van der Waals surface area contributed by atoms with Crippen LogP contribution in [0.15, 0.2) is 0 Å². The fraction of sp³-hybridized carbons (Fsp3) is 0.974. The van der Waals surface area contributed by atoms with Crippen molar-refractivity contribution in [2.45, 2.75) is 186 Å². The summed E-state index contributed by atoms with van der Waals surface area (Å²) in [4.78, 5) is 18.4. The van der Waals surface area contributed by atoms with E-state index in [-0.39, 0.29) is 30.9 Å². The molecular weight excluding hydrogens is 686 g/mol. The highest BCUT2D eigenvalue weighted by molar-refractivity contribution is 5.73. The van der Waals surface area contributed by atoms with Gasteiger partial charge in [0.05, 0.1) is 41.5 Å². The molecule has 0 aromatic rings. The van der Waals surface area contributed by atoms with E-state index in [9.17, 15) is 30.3 Å². The number of aliphatic hydroxyl groups excluding tert-OH is 2. The second kappa shape index (κ2) is 19.0. The van der Waals surface area contributed by atoms with Crippen molar-refractivity contribution in [3.05, 3.63) is 0 Å². The minimum absolute atomic E-state index is 0.0744. The van der Waals surface area contributed by atoms with Gasteiger partial charge in [0.1, 0.15) is 23.9 Å². The lowest BCUT2D eigenvalue weighted by Gasteiger charge is -2.47. The highest BCUT2D eigenvalue weighted by Gasteiger charge is 2.51. The smallest absolute Gasteiger partial charge is 0.311 e. The summed E-state index contributed by atoms with van der Waals surface area (Å²) in [6.07, 6.45) is -6.10. The van der Waals surface area contributed by atoms with Gasteiger partial charge in [0.2, 0.25) is 0 Å². The molecule has 6 N–H and O–H groups in total. The first-order chi connectivity index (χ1) is 24.5. The lowest BCUT2D eigenvalue weighted by Crippen LogP contribution is -2.59. The van der Waals surface area contributed by atoms with Gasteiger partial charge in [-0.2, -0.15) is 0 Å². The first-order valence-electron chi connectivity index (χ1n) is 19.9. The van der Waals surface area contributed by atoms with E-state index >= 15 is 0 Å². The molecule has 3 heterocycles. The Morgan fingerprint density at radius 1 is 0.925 bits per heavy atom. The van der Waals surface area contributed by atoms with E-state index in [4.69, 9.17) is 23.7 Å². The molecule has 3 fully saturated rings. The molecule has 0 aromatic heterocycles. The molecule has 0 saturated carbocycles. The van der Waals surface area contributed by atoms with Crippen molar-refractivity contribution in [3.8, 4) is 0 Å². The second-order valence-electron chi connectivity index (χ2n) is 17.5. The number of hydrogen-bond acceptors (Lipinski definition) is 14. The van der Waals surface area contributed by atoms with Crippen LogP contribution in [0.5, 0.6) is 0 Å². The van der Waals surface area contributed by atoms with Crippen LogP contribution >= 0.6 is 0 Å². The fourth-order valence-corrected chi connectivity index (χ4v) is 8.90. The Morgan fingerprint density at radius 2 is 1.57 bits per heavy atom. The number of hydrogen-bond donors (Lipinski definition) is 6. The van der Waals surface area contributed by atoms with Crippen molar-refractivity contribution in [1.29, 1.82) is 0 Å². The van der Waals surface area contributed by atoms with Crippen LogP contribution < -0.4 is 5.32 Å². The largest absolute Gasteiger partial charge is 0.459 e. The number of ether oxygens (including phenoxy) is 5. The molecule has 3 rings (SSSR count). The third-order valence-electron chi connectivity index (χ3n) is 12.3. The van der Waals surface area contributed by atoms with Crippen LogP contribution in [0.25, 0.3) is 0 Å². The molecule has 312 valence electrons. The normalized spacial score (nSPS) is 47.5. The van der Waals surface area contributed by atoms with Crippen molar-refractivity contribution in [2.75, 3.05) is 40.8 Å². The zero-order valence-electron chi connectivity index (χ0n) is 34.8. The predicted octanol–water partition coefficient (Wildman–Crippen LogP) is 1.87. The number of aliphatic hydroxyl groups is 5. The molecule has 17 atom stereocenters. The number of cyclic esters (lactones) is 1. The van der Waals surface area contributed by atoms with Gasteiger partial charge in [-0.15, -0.1) is 0 Å². The number of nitrogens with one attached hydrogen (secondary N) is 1. The summed E-state index contributed by atoms with van der Waals surface area (Å²) < 4.78 is 32.0. The number of nitrogens with zero attached hydrogens (tertiary/aromatic N) is 2. The number of likely N-dealkylation sites (N-methyl/N-ethyl adjacent to an activating group) is 3. The number of carbonyl (C=O) groups is 1. The Kier molecular flexibility index (Phi) is 16.6. The van der Waals surface area contributed by atoms with E-state index in [1.54, 1.807) is 27.7 Å². The van der Waals surface area contributed by atoms with Crippen LogP contribution in [0, 0.1) is 17.8 Å². The second-order valence-corrected chi connectivity index (χ2v) is 17.5. The van der Waals surface area contributed by atoms with E-state index in [1.165, 1.54) is 13.8 Å². The van der Waals surface area contributed by atoms with E-state index in [2.05, 4.69) is 17.3 Å². The molecular formula is C39H75N3O11. The lowest BCUT2D eigenvalue weighted by atomic mass is 9.77. The Balaban J connectivity index is 2.12. The molecule has 3 saturated heterocycles. The summed E-state index contributed by atoms with van der Waals surface area (Å²) in [7, 11) is 5.88. The van der Waals surface area contributed by atoms with Crippen molar-refractivity contribution in [2.24, 2.45) is 17.8 Å². The predicted molar refractivity (Wildman–Crippen MR) is 201 cm³/mol. The molecule has 14 nitrogen and oxygen atoms in total. The summed E-state index contributed by atoms with van der Waals surface area (Å²) in [5.41, 5.74) is -4.79. The topological polar surface area (TPSA) is 183 Å². The summed E-state index contributed by atoms with van der Waals surface area (Å²) in [5, 5.41) is 60.7. The minimum atomic E-state index is -1.79. The summed E-state index contributed by atoms with van der Waals surface area (Å²) in [5.74, 6) is -2.43. The molecule has 53 heavy (non-hydrogen) atoms. The molecule has 0 radical (unpaired) electrons. The average molecular weight is 762 g/mol. The molecule has 14 heteroatoms. The van der Waals surface area contributed by atoms with Crippen LogP contribution in [-0.2, 0) is 28.5 Å². The Bertz CT molecular complexity index is 1140. The van der Waals surface area contributed by atoms with Crippen LogP contribution in [0.3, 0.4) is 0 Å². The number of esters is 1. The number of carbonyl (C=O) groups excluding carboxylic acids is 1. The molecule has 0 amide bonds. The standard InChI is InChI=1S/C39H75N3O11/c1-14-29-39(10,48)33(43)26(6)42(13)21-22(2)19-38(9,47)35(53-30-18-28(17-23(3)49-30)41(12)16-15-40-11)24(4)32(25(5)36(45)51-29)52-31-20-37(8,46)34(44)27(7)50-31/h22-35,40,43-44,46-48H,14-21H2,1-13H3/t22-,23?,24+,25?,26?,27?,28?,29-,30?,31+,32+,33?,34+,35-,37-,38-,39-/m1/s1. The molecule has 7 unspecified atom stereocenters. The van der Waals surface area contributed by atoms with Gasteiger partial charge in [-0.1, -0.05) is 20.8 Å². The van der Waals surface area contributed by atoms with E-state index in [1.807, 2.05) is 46.7 Å². The van der Waals surface area contributed by atoms with Crippen LogP contribution in [0.2, 0.25) is 0 Å². The maximum atomic E-state index is 14.2. The van der Waals surface area contributed by atoms with E-state index < -0.39 is 89.9 Å². The van der Waals surface area contributed by atoms with Crippen molar-refractivity contribution >= 4 is 5.97 Å². The molecule has 0 aliphatic carbocycles. The van der Waals surface area contributed by atoms with Gasteiger partial charge in [0.25, 0.3) is 0 Å². The molecule has 0 aromatic carbocycles. The van der Waals surface area contributed by atoms with Crippen molar-refractivity contribution in [1.82, 2.24) is 15.1 Å². The highest BCUT2D eigenvalue weighted by Crippen LogP contribution is 2.39. The van der Waals surface area contributed by atoms with Crippen molar-refractivity contribution < 1.29 is 54.0 Å². The van der Waals surface area contributed by atoms with Gasteiger partial charge in [0.15, 0.2) is 12.6 Å². The third-order valence-corrected chi connectivity index (χ3v) is 12.3. The Hall–Kier alpha value is -1.01. The minimum Gasteiger partial charge on any atom is -0.459 e. The van der Waals surface area contributed by atoms with Gasteiger partial charge in [-0.3, -0.25) is 4.79 Å². The van der Waals surface area contributed by atoms with Crippen molar-refractivity contribution in [3.63, 3.8) is 0 Å². The maximum absolute atomic E-state index is 14.2. The van der Waals surface area contributed by atoms with Crippen LogP contribution in [0.4, 0.5) is 0 Å². The summed E-state index contributed by atoms with van der Waals surface area (Å²) >= 11 is 0. The SMILES string of the molecule is CC[C@H]1OC(=O)C(C)[C@@H](O[C@H]2C[C@@](C)(O)[C@@H](O)C(C)O2)[C@H](C)[C@@H](OC2CC(N(C)CCNC)CC(C)O2)[C@](C)(O)C[C@@H](C)CN(C)C(C)C(O)[C@]1(C)O. The van der Waals surface area contributed by atoms with Gasteiger partial charge < -0.3 is 64.3 Å². The summed E-state index contributed by atoms with van der Waals surface area (Å²) in [6.45, 7) is 19.7. The first kappa shape index (κ1) is 46.4. The molecule has 3 aliphatic heterocycles. The van der Waals surface area contributed by atoms with Gasteiger partial charge in [-0.25, -0.2) is 0 Å². The van der Waals surface area contributed by atoms with Gasteiger partial charge in [0, 0.05) is 50.5 Å². The molecule has 3 aliphatic rings. The highest BCUT2D eigenvalue weighted by atomic mass is 16.7. The third kappa shape index (κ3) is 11.5. The molecule has 0 spiro atoms. The first-order valence-corrected chi connectivity index (χ1v) is 19.9. The fourth-order valence-electron chi connectivity index (χ4n) is 8.90. The maximum Gasteiger partial charge on any atom is 0.311 e. The quantitative estimate of drug-likeness (QED) is 0.187.